The Morgan fingerprint density at radius 1 is 1.27 bits per heavy atom. The van der Waals surface area contributed by atoms with Crippen molar-refractivity contribution in [3.63, 3.8) is 0 Å². The summed E-state index contributed by atoms with van der Waals surface area (Å²) in [5.41, 5.74) is 1.25. The number of halogens is 1. The quantitative estimate of drug-likeness (QED) is 0.521. The maximum absolute atomic E-state index is 12.3. The molecule has 0 saturated heterocycles. The Labute approximate surface area is 161 Å². The summed E-state index contributed by atoms with van der Waals surface area (Å²) >= 11 is 3.45. The molecular formula is C20H19BrN2O3. The lowest BCUT2D eigenvalue weighted by Crippen LogP contribution is -2.13. The topological polar surface area (TPSA) is 71.3 Å². The third kappa shape index (κ3) is 5.11. The number of carbonyl (C=O) groups excluding carboxylic acids is 1. The van der Waals surface area contributed by atoms with Crippen LogP contribution in [-0.2, 0) is 4.79 Å². The van der Waals surface area contributed by atoms with Crippen molar-refractivity contribution in [1.82, 2.24) is 0 Å². The highest BCUT2D eigenvalue weighted by molar-refractivity contribution is 9.10. The van der Waals surface area contributed by atoms with E-state index in [-0.39, 0.29) is 5.57 Å². The van der Waals surface area contributed by atoms with E-state index in [1.165, 1.54) is 6.08 Å². The van der Waals surface area contributed by atoms with Crippen LogP contribution in [-0.4, -0.2) is 19.6 Å². The van der Waals surface area contributed by atoms with Crippen LogP contribution in [0.25, 0.3) is 6.08 Å². The van der Waals surface area contributed by atoms with Crippen molar-refractivity contribution in [3.05, 3.63) is 58.1 Å². The summed E-state index contributed by atoms with van der Waals surface area (Å²) in [5, 5.41) is 12.1. The van der Waals surface area contributed by atoms with E-state index in [2.05, 4.69) is 21.2 Å². The standard InChI is InChI=1S/C20H19BrN2O3/c1-3-9-26-19-12-17(21)14(11-18(19)25-2)10-15(13-22)20(24)23-16-7-5-4-6-8-16/h4-8,10-12H,3,9H2,1-2H3,(H,23,24). The zero-order valence-electron chi connectivity index (χ0n) is 14.6. The number of amides is 1. The average molecular weight is 415 g/mol. The molecule has 0 aliphatic carbocycles. The molecule has 0 radical (unpaired) electrons. The van der Waals surface area contributed by atoms with Crippen LogP contribution in [0.4, 0.5) is 5.69 Å². The number of ether oxygens (including phenoxy) is 2. The lowest BCUT2D eigenvalue weighted by atomic mass is 10.1. The second-order valence-corrected chi connectivity index (χ2v) is 6.22. The molecule has 0 fully saturated rings. The fourth-order valence-corrected chi connectivity index (χ4v) is 2.61. The fraction of sp³-hybridized carbons (Fsp3) is 0.200. The first kappa shape index (κ1) is 19.5. The van der Waals surface area contributed by atoms with Gasteiger partial charge in [-0.3, -0.25) is 4.79 Å². The summed E-state index contributed by atoms with van der Waals surface area (Å²) in [6.45, 7) is 2.59. The smallest absolute Gasteiger partial charge is 0.266 e. The highest BCUT2D eigenvalue weighted by Crippen LogP contribution is 2.34. The normalized spacial score (nSPS) is 10.8. The molecule has 0 spiro atoms. The minimum atomic E-state index is -0.476. The monoisotopic (exact) mass is 414 g/mol. The van der Waals surface area contributed by atoms with E-state index >= 15 is 0 Å². The van der Waals surface area contributed by atoms with E-state index in [1.807, 2.05) is 31.2 Å². The molecule has 5 nitrogen and oxygen atoms in total. The highest BCUT2D eigenvalue weighted by Gasteiger charge is 2.13. The van der Waals surface area contributed by atoms with Crippen LogP contribution < -0.4 is 14.8 Å². The molecule has 2 aromatic carbocycles. The number of nitrogens with one attached hydrogen (secondary N) is 1. The van der Waals surface area contributed by atoms with Crippen molar-refractivity contribution < 1.29 is 14.3 Å². The molecule has 26 heavy (non-hydrogen) atoms. The van der Waals surface area contributed by atoms with Crippen LogP contribution in [0.5, 0.6) is 11.5 Å². The van der Waals surface area contributed by atoms with Gasteiger partial charge in [0.2, 0.25) is 0 Å². The van der Waals surface area contributed by atoms with Gasteiger partial charge in [0.25, 0.3) is 5.91 Å². The summed E-state index contributed by atoms with van der Waals surface area (Å²) in [4.78, 5) is 12.3. The van der Waals surface area contributed by atoms with E-state index in [0.29, 0.717) is 33.8 Å². The van der Waals surface area contributed by atoms with Crippen LogP contribution in [0.3, 0.4) is 0 Å². The van der Waals surface area contributed by atoms with Crippen molar-refractivity contribution in [2.24, 2.45) is 0 Å². The van der Waals surface area contributed by atoms with E-state index in [4.69, 9.17) is 9.47 Å². The largest absolute Gasteiger partial charge is 0.493 e. The summed E-state index contributed by atoms with van der Waals surface area (Å²) in [5.74, 6) is 0.662. The molecule has 0 aliphatic heterocycles. The minimum Gasteiger partial charge on any atom is -0.493 e. The second kappa shape index (κ2) is 9.64. The molecule has 6 heteroatoms. The first-order valence-electron chi connectivity index (χ1n) is 8.07. The zero-order valence-corrected chi connectivity index (χ0v) is 16.2. The molecule has 1 amide bonds. The van der Waals surface area contributed by atoms with Gasteiger partial charge in [0.15, 0.2) is 11.5 Å². The first-order chi connectivity index (χ1) is 12.6. The fourth-order valence-electron chi connectivity index (χ4n) is 2.17. The Balaban J connectivity index is 2.30. The molecule has 0 atom stereocenters. The Morgan fingerprint density at radius 3 is 2.62 bits per heavy atom. The van der Waals surface area contributed by atoms with Crippen molar-refractivity contribution in [2.45, 2.75) is 13.3 Å². The van der Waals surface area contributed by atoms with Gasteiger partial charge < -0.3 is 14.8 Å². The molecule has 134 valence electrons. The maximum atomic E-state index is 12.3. The van der Waals surface area contributed by atoms with E-state index in [0.717, 1.165) is 6.42 Å². The number of hydrogen-bond donors (Lipinski definition) is 1. The molecule has 0 saturated carbocycles. The van der Waals surface area contributed by atoms with Crippen molar-refractivity contribution in [1.29, 1.82) is 5.26 Å². The average Bonchev–Trinajstić information content (AvgIpc) is 2.66. The third-order valence-corrected chi connectivity index (χ3v) is 4.13. The van der Waals surface area contributed by atoms with E-state index < -0.39 is 5.91 Å². The van der Waals surface area contributed by atoms with E-state index in [1.54, 1.807) is 31.4 Å². The van der Waals surface area contributed by atoms with Crippen LogP contribution in [0, 0.1) is 11.3 Å². The number of hydrogen-bond acceptors (Lipinski definition) is 4. The Morgan fingerprint density at radius 2 is 2.00 bits per heavy atom. The second-order valence-electron chi connectivity index (χ2n) is 5.36. The summed E-state index contributed by atoms with van der Waals surface area (Å²) in [7, 11) is 1.54. The molecule has 0 heterocycles. The van der Waals surface area contributed by atoms with Gasteiger partial charge in [-0.15, -0.1) is 0 Å². The van der Waals surface area contributed by atoms with Gasteiger partial charge in [-0.2, -0.15) is 5.26 Å². The minimum absolute atomic E-state index is 0.0150. The summed E-state index contributed by atoms with van der Waals surface area (Å²) < 4.78 is 11.7. The maximum Gasteiger partial charge on any atom is 0.266 e. The van der Waals surface area contributed by atoms with Gasteiger partial charge in [0.05, 0.1) is 13.7 Å². The molecule has 2 aromatic rings. The van der Waals surface area contributed by atoms with Crippen molar-refractivity contribution >= 4 is 33.6 Å². The van der Waals surface area contributed by atoms with E-state index in [9.17, 15) is 10.1 Å². The van der Waals surface area contributed by atoms with Crippen LogP contribution in [0.2, 0.25) is 0 Å². The number of nitriles is 1. The molecular weight excluding hydrogens is 396 g/mol. The lowest BCUT2D eigenvalue weighted by Gasteiger charge is -2.12. The van der Waals surface area contributed by atoms with Gasteiger partial charge in [0.1, 0.15) is 11.6 Å². The molecule has 0 aromatic heterocycles. The number of rotatable bonds is 7. The zero-order chi connectivity index (χ0) is 18.9. The highest BCUT2D eigenvalue weighted by atomic mass is 79.9. The third-order valence-electron chi connectivity index (χ3n) is 3.44. The SMILES string of the molecule is CCCOc1cc(Br)c(C=C(C#N)C(=O)Nc2ccccc2)cc1OC. The van der Waals surface area contributed by atoms with Gasteiger partial charge in [0, 0.05) is 10.2 Å². The Bertz CT molecular complexity index is 842. The Hall–Kier alpha value is -2.78. The predicted molar refractivity (Wildman–Crippen MR) is 105 cm³/mol. The molecule has 0 aliphatic rings. The first-order valence-corrected chi connectivity index (χ1v) is 8.86. The van der Waals surface area contributed by atoms with Crippen LogP contribution >= 0.6 is 15.9 Å². The Kier molecular flexibility index (Phi) is 7.24. The molecule has 0 unspecified atom stereocenters. The summed E-state index contributed by atoms with van der Waals surface area (Å²) in [6, 6.07) is 14.4. The van der Waals surface area contributed by atoms with Crippen LogP contribution in [0.1, 0.15) is 18.9 Å². The number of anilines is 1. The van der Waals surface area contributed by atoms with Gasteiger partial charge >= 0.3 is 0 Å². The summed E-state index contributed by atoms with van der Waals surface area (Å²) in [6.07, 6.45) is 2.38. The number of methoxy groups -OCH3 is 1. The predicted octanol–water partition coefficient (Wildman–Crippen LogP) is 4.79. The van der Waals surface area contributed by atoms with Gasteiger partial charge in [-0.05, 0) is 42.3 Å². The number of benzene rings is 2. The lowest BCUT2D eigenvalue weighted by molar-refractivity contribution is -0.112. The number of carbonyl (C=O) groups is 1. The van der Waals surface area contributed by atoms with Crippen molar-refractivity contribution in [2.75, 3.05) is 19.0 Å². The molecule has 0 bridgehead atoms. The van der Waals surface area contributed by atoms with Gasteiger partial charge in [-0.25, -0.2) is 0 Å². The number of nitrogens with zero attached hydrogens (tertiary/aromatic N) is 1. The molecule has 1 N–H and O–H groups in total. The van der Waals surface area contributed by atoms with Crippen LogP contribution in [0.15, 0.2) is 52.5 Å². The molecule has 2 rings (SSSR count). The van der Waals surface area contributed by atoms with Crippen molar-refractivity contribution in [3.8, 4) is 17.6 Å². The number of para-hydroxylation sites is 1. The van der Waals surface area contributed by atoms with Gasteiger partial charge in [-0.1, -0.05) is 41.1 Å².